The Labute approximate surface area is 228 Å². The number of rotatable bonds is 7. The van der Waals surface area contributed by atoms with E-state index in [1.54, 1.807) is 18.3 Å². The molecule has 0 bridgehead atoms. The minimum absolute atomic E-state index is 0.0927. The van der Waals surface area contributed by atoms with E-state index < -0.39 is 0 Å². The van der Waals surface area contributed by atoms with E-state index in [0.717, 1.165) is 41.2 Å². The summed E-state index contributed by atoms with van der Waals surface area (Å²) in [5.41, 5.74) is 5.10. The SMILES string of the molecule is CCCN1c2cc(OC)c(/C=C3/SC(=Nc4ccccc4)N(Cc4ccco4)C3=O)cc2C(C)=CC1(C)C. The first-order valence-electron chi connectivity index (χ1n) is 12.9. The van der Waals surface area contributed by atoms with Gasteiger partial charge in [-0.05, 0) is 80.9 Å². The summed E-state index contributed by atoms with van der Waals surface area (Å²) in [6, 6.07) is 17.6. The van der Waals surface area contributed by atoms with Crippen LogP contribution >= 0.6 is 11.8 Å². The lowest BCUT2D eigenvalue weighted by Gasteiger charge is -2.43. The average molecular weight is 528 g/mol. The van der Waals surface area contributed by atoms with E-state index in [4.69, 9.17) is 14.1 Å². The zero-order valence-corrected chi connectivity index (χ0v) is 23.3. The molecule has 38 heavy (non-hydrogen) atoms. The molecule has 0 radical (unpaired) electrons. The van der Waals surface area contributed by atoms with E-state index in [9.17, 15) is 4.79 Å². The topological polar surface area (TPSA) is 58.3 Å². The van der Waals surface area contributed by atoms with Gasteiger partial charge in [0.05, 0.1) is 36.0 Å². The molecule has 2 aliphatic heterocycles. The summed E-state index contributed by atoms with van der Waals surface area (Å²) in [6.45, 7) is 10.1. The zero-order chi connectivity index (χ0) is 26.9. The second-order valence-corrected chi connectivity index (χ2v) is 11.1. The van der Waals surface area contributed by atoms with Crippen molar-refractivity contribution in [3.63, 3.8) is 0 Å². The number of aliphatic imine (C=N–C) groups is 1. The summed E-state index contributed by atoms with van der Waals surface area (Å²) in [5, 5.41) is 0.618. The highest BCUT2D eigenvalue weighted by Gasteiger charge is 2.35. The number of anilines is 1. The van der Waals surface area contributed by atoms with Crippen LogP contribution in [0.3, 0.4) is 0 Å². The molecule has 2 aromatic carbocycles. The molecule has 1 amide bonds. The van der Waals surface area contributed by atoms with E-state index in [1.165, 1.54) is 17.3 Å². The Balaban J connectivity index is 1.56. The van der Waals surface area contributed by atoms with Crippen LogP contribution in [0.25, 0.3) is 11.6 Å². The third kappa shape index (κ3) is 5.03. The molecule has 7 heteroatoms. The first kappa shape index (κ1) is 25.9. The van der Waals surface area contributed by atoms with Crippen LogP contribution in [0.1, 0.15) is 51.0 Å². The third-order valence-corrected chi connectivity index (χ3v) is 7.83. The smallest absolute Gasteiger partial charge is 0.267 e. The molecule has 1 aromatic heterocycles. The van der Waals surface area contributed by atoms with Crippen LogP contribution in [0, 0.1) is 0 Å². The summed E-state index contributed by atoms with van der Waals surface area (Å²) in [4.78, 5) is 23.1. The summed E-state index contributed by atoms with van der Waals surface area (Å²) in [7, 11) is 1.68. The molecule has 3 aromatic rings. The lowest BCUT2D eigenvalue weighted by Crippen LogP contribution is -2.45. The summed E-state index contributed by atoms with van der Waals surface area (Å²) in [6.07, 6.45) is 6.90. The Kier molecular flexibility index (Phi) is 7.21. The normalized spacial score (nSPS) is 18.8. The van der Waals surface area contributed by atoms with Crippen molar-refractivity contribution in [2.45, 2.75) is 46.2 Å². The van der Waals surface area contributed by atoms with E-state index in [1.807, 2.05) is 48.5 Å². The number of carbonyl (C=O) groups is 1. The predicted octanol–water partition coefficient (Wildman–Crippen LogP) is 7.50. The molecule has 2 aliphatic rings. The highest BCUT2D eigenvalue weighted by molar-refractivity contribution is 8.18. The van der Waals surface area contributed by atoms with Crippen molar-refractivity contribution in [3.05, 3.63) is 88.7 Å². The van der Waals surface area contributed by atoms with Gasteiger partial charge in [-0.25, -0.2) is 4.99 Å². The number of ether oxygens (including phenoxy) is 1. The van der Waals surface area contributed by atoms with Crippen LogP contribution < -0.4 is 9.64 Å². The third-order valence-electron chi connectivity index (χ3n) is 6.83. The highest BCUT2D eigenvalue weighted by atomic mass is 32.2. The fourth-order valence-electron chi connectivity index (χ4n) is 5.09. The summed E-state index contributed by atoms with van der Waals surface area (Å²) >= 11 is 1.37. The second-order valence-electron chi connectivity index (χ2n) is 10.1. The van der Waals surface area contributed by atoms with Gasteiger partial charge in [0, 0.05) is 29.4 Å². The number of hydrogen-bond acceptors (Lipinski definition) is 6. The van der Waals surface area contributed by atoms with E-state index in [0.29, 0.717) is 22.4 Å². The van der Waals surface area contributed by atoms with Crippen molar-refractivity contribution in [1.82, 2.24) is 4.90 Å². The lowest BCUT2D eigenvalue weighted by atomic mass is 9.87. The van der Waals surface area contributed by atoms with Crippen LogP contribution in [0.15, 0.2) is 81.3 Å². The zero-order valence-electron chi connectivity index (χ0n) is 22.5. The molecule has 1 fully saturated rings. The van der Waals surface area contributed by atoms with Crippen molar-refractivity contribution in [2.75, 3.05) is 18.6 Å². The van der Waals surface area contributed by atoms with Crippen LogP contribution in [-0.4, -0.2) is 35.2 Å². The van der Waals surface area contributed by atoms with Gasteiger partial charge in [-0.15, -0.1) is 0 Å². The van der Waals surface area contributed by atoms with E-state index in [-0.39, 0.29) is 11.4 Å². The second kappa shape index (κ2) is 10.6. The Morgan fingerprint density at radius 2 is 1.92 bits per heavy atom. The molecule has 0 N–H and O–H groups in total. The molecule has 0 saturated carbocycles. The quantitative estimate of drug-likeness (QED) is 0.298. The number of methoxy groups -OCH3 is 1. The molecular formula is C31H33N3O3S. The number of allylic oxidation sites excluding steroid dienone is 1. The van der Waals surface area contributed by atoms with Gasteiger partial charge in [-0.2, -0.15) is 0 Å². The van der Waals surface area contributed by atoms with Gasteiger partial charge < -0.3 is 14.1 Å². The van der Waals surface area contributed by atoms with E-state index >= 15 is 0 Å². The van der Waals surface area contributed by atoms with Crippen LogP contribution in [-0.2, 0) is 11.3 Å². The molecule has 0 spiro atoms. The maximum Gasteiger partial charge on any atom is 0.267 e. The molecule has 1 saturated heterocycles. The number of amidine groups is 1. The number of hydrogen-bond donors (Lipinski definition) is 0. The first-order valence-corrected chi connectivity index (χ1v) is 13.7. The molecule has 6 nitrogen and oxygen atoms in total. The van der Waals surface area contributed by atoms with Gasteiger partial charge in [0.1, 0.15) is 11.5 Å². The van der Waals surface area contributed by atoms with Gasteiger partial charge >= 0.3 is 0 Å². The molecule has 0 aliphatic carbocycles. The molecule has 196 valence electrons. The molecule has 3 heterocycles. The number of para-hydroxylation sites is 1. The number of nitrogens with zero attached hydrogens (tertiary/aromatic N) is 3. The minimum atomic E-state index is -0.109. The Bertz CT molecular complexity index is 1420. The van der Waals surface area contributed by atoms with Crippen LogP contribution in [0.4, 0.5) is 11.4 Å². The predicted molar refractivity (Wildman–Crippen MR) is 157 cm³/mol. The van der Waals surface area contributed by atoms with Crippen molar-refractivity contribution < 1.29 is 13.9 Å². The average Bonchev–Trinajstić information content (AvgIpc) is 3.51. The van der Waals surface area contributed by atoms with Crippen molar-refractivity contribution in [1.29, 1.82) is 0 Å². The van der Waals surface area contributed by atoms with Gasteiger partial charge in [0.25, 0.3) is 5.91 Å². The number of benzene rings is 2. The lowest BCUT2D eigenvalue weighted by molar-refractivity contribution is -0.122. The Morgan fingerprint density at radius 1 is 1.13 bits per heavy atom. The van der Waals surface area contributed by atoms with E-state index in [2.05, 4.69) is 50.8 Å². The van der Waals surface area contributed by atoms with Crippen LogP contribution in [0.2, 0.25) is 0 Å². The standard InChI is InChI=1S/C31H33N3O3S/c1-6-14-34-26-18-27(36-5)22(16-25(26)21(2)19-31(34,3)4)17-28-29(35)33(20-24-13-10-15-37-24)30(38-28)32-23-11-8-7-9-12-23/h7-13,15-19H,6,14,20H2,1-5H3/b28-17+,32-30?. The molecular weight excluding hydrogens is 494 g/mol. The van der Waals surface area contributed by atoms with Gasteiger partial charge in [-0.1, -0.05) is 31.2 Å². The largest absolute Gasteiger partial charge is 0.496 e. The highest BCUT2D eigenvalue weighted by Crippen LogP contribution is 2.44. The Hall–Kier alpha value is -3.71. The van der Waals surface area contributed by atoms with Crippen molar-refractivity contribution >= 4 is 45.9 Å². The minimum Gasteiger partial charge on any atom is -0.496 e. The maximum absolute atomic E-state index is 13.7. The monoisotopic (exact) mass is 527 g/mol. The van der Waals surface area contributed by atoms with Gasteiger partial charge in [-0.3, -0.25) is 9.69 Å². The maximum atomic E-state index is 13.7. The number of fused-ring (bicyclic) bond motifs is 1. The molecule has 5 rings (SSSR count). The first-order chi connectivity index (χ1) is 18.3. The van der Waals surface area contributed by atoms with Crippen LogP contribution in [0.5, 0.6) is 5.75 Å². The summed E-state index contributed by atoms with van der Waals surface area (Å²) in [5.74, 6) is 1.33. The molecule has 0 atom stereocenters. The fourth-order valence-corrected chi connectivity index (χ4v) is 6.07. The van der Waals surface area contributed by atoms with Crippen molar-refractivity contribution in [2.24, 2.45) is 4.99 Å². The number of amides is 1. The Morgan fingerprint density at radius 3 is 2.61 bits per heavy atom. The van der Waals surface area contributed by atoms with Gasteiger partial charge in [0.15, 0.2) is 5.17 Å². The number of furan rings is 1. The summed E-state index contributed by atoms with van der Waals surface area (Å²) < 4.78 is 11.4. The fraction of sp³-hybridized carbons (Fsp3) is 0.290. The number of thioether (sulfide) groups is 1. The van der Waals surface area contributed by atoms with Gasteiger partial charge in [0.2, 0.25) is 0 Å². The van der Waals surface area contributed by atoms with Crippen molar-refractivity contribution in [3.8, 4) is 5.75 Å². The number of carbonyl (C=O) groups excluding carboxylic acids is 1. The molecule has 0 unspecified atom stereocenters.